The van der Waals surface area contributed by atoms with Gasteiger partial charge >= 0.3 is 6.18 Å². The number of thiazole rings is 1. The lowest BCUT2D eigenvalue weighted by atomic mass is 10.4. The first-order chi connectivity index (χ1) is 9.31. The highest BCUT2D eigenvalue weighted by molar-refractivity contribution is 14.0. The second-order valence-corrected chi connectivity index (χ2v) is 5.38. The molecule has 0 fully saturated rings. The van der Waals surface area contributed by atoms with Crippen LogP contribution in [0, 0.1) is 6.92 Å². The summed E-state index contributed by atoms with van der Waals surface area (Å²) >= 11 is 1.55. The smallest absolute Gasteiger partial charge is 0.357 e. The molecule has 4 nitrogen and oxygen atoms in total. The lowest BCUT2D eigenvalue weighted by Crippen LogP contribution is -2.38. The van der Waals surface area contributed by atoms with Crippen molar-refractivity contribution < 1.29 is 13.2 Å². The SMILES string of the molecule is CCNC(=NCCC(F)(F)F)N(C)Cc1csc(C)n1.I. The molecule has 21 heavy (non-hydrogen) atoms. The molecule has 1 aromatic heterocycles. The van der Waals surface area contributed by atoms with Gasteiger partial charge in [0, 0.05) is 19.0 Å². The zero-order valence-electron chi connectivity index (χ0n) is 12.2. The molecule has 0 radical (unpaired) electrons. The largest absolute Gasteiger partial charge is 0.390 e. The van der Waals surface area contributed by atoms with E-state index >= 15 is 0 Å². The Balaban J connectivity index is 0.00000400. The molecule has 1 rings (SSSR count). The average molecular weight is 436 g/mol. The molecule has 0 atom stereocenters. The molecular formula is C12H20F3IN4S. The summed E-state index contributed by atoms with van der Waals surface area (Å²) in [7, 11) is 1.78. The second-order valence-electron chi connectivity index (χ2n) is 4.31. The van der Waals surface area contributed by atoms with E-state index in [0.29, 0.717) is 19.0 Å². The van der Waals surface area contributed by atoms with Crippen molar-refractivity contribution in [2.24, 2.45) is 4.99 Å². The summed E-state index contributed by atoms with van der Waals surface area (Å²) < 4.78 is 36.4. The van der Waals surface area contributed by atoms with Gasteiger partial charge in [0.05, 0.1) is 30.2 Å². The first kappa shape index (κ1) is 20.4. The fourth-order valence-electron chi connectivity index (χ4n) is 1.56. The van der Waals surface area contributed by atoms with Crippen LogP contribution >= 0.6 is 35.3 Å². The monoisotopic (exact) mass is 436 g/mol. The van der Waals surface area contributed by atoms with Crippen molar-refractivity contribution in [2.45, 2.75) is 33.0 Å². The normalized spacial score (nSPS) is 12.0. The highest BCUT2D eigenvalue weighted by Crippen LogP contribution is 2.19. The van der Waals surface area contributed by atoms with Crippen LogP contribution in [0.25, 0.3) is 0 Å². The van der Waals surface area contributed by atoms with Crippen LogP contribution in [0.5, 0.6) is 0 Å². The molecule has 9 heteroatoms. The topological polar surface area (TPSA) is 40.5 Å². The summed E-state index contributed by atoms with van der Waals surface area (Å²) in [6.45, 7) is 4.64. The molecule has 0 unspecified atom stereocenters. The maximum absolute atomic E-state index is 12.1. The number of hydrogen-bond donors (Lipinski definition) is 1. The predicted molar refractivity (Wildman–Crippen MR) is 90.4 cm³/mol. The quantitative estimate of drug-likeness (QED) is 0.437. The maximum atomic E-state index is 12.1. The summed E-state index contributed by atoms with van der Waals surface area (Å²) in [4.78, 5) is 10.1. The van der Waals surface area contributed by atoms with Gasteiger partial charge in [0.1, 0.15) is 0 Å². The molecule has 1 heterocycles. The van der Waals surface area contributed by atoms with E-state index in [0.717, 1.165) is 10.7 Å². The number of nitrogens with zero attached hydrogens (tertiary/aromatic N) is 3. The number of rotatable bonds is 5. The molecule has 0 saturated carbocycles. The molecule has 0 aromatic carbocycles. The maximum Gasteiger partial charge on any atom is 0.390 e. The van der Waals surface area contributed by atoms with Crippen molar-refractivity contribution in [3.05, 3.63) is 16.1 Å². The van der Waals surface area contributed by atoms with Gasteiger partial charge in [-0.25, -0.2) is 4.98 Å². The highest BCUT2D eigenvalue weighted by atomic mass is 127. The molecule has 122 valence electrons. The fraction of sp³-hybridized carbons (Fsp3) is 0.667. The van der Waals surface area contributed by atoms with E-state index in [1.807, 2.05) is 19.2 Å². The van der Waals surface area contributed by atoms with Gasteiger partial charge in [-0.05, 0) is 13.8 Å². The van der Waals surface area contributed by atoms with E-state index in [1.165, 1.54) is 0 Å². The molecule has 1 aromatic rings. The fourth-order valence-corrected chi connectivity index (χ4v) is 2.16. The molecule has 0 aliphatic heterocycles. The first-order valence-corrected chi connectivity index (χ1v) is 7.17. The molecule has 0 aliphatic carbocycles. The number of nitrogens with one attached hydrogen (secondary N) is 1. The van der Waals surface area contributed by atoms with Crippen LogP contribution in [-0.2, 0) is 6.54 Å². The molecule has 0 amide bonds. The molecular weight excluding hydrogens is 416 g/mol. The Bertz CT molecular complexity index is 448. The van der Waals surface area contributed by atoms with Gasteiger partial charge in [0.2, 0.25) is 0 Å². The molecule has 1 N–H and O–H groups in total. The van der Waals surface area contributed by atoms with E-state index in [1.54, 1.807) is 23.3 Å². The zero-order chi connectivity index (χ0) is 15.2. The van der Waals surface area contributed by atoms with Crippen molar-refractivity contribution >= 4 is 41.3 Å². The van der Waals surface area contributed by atoms with Crippen LogP contribution in [0.4, 0.5) is 13.2 Å². The minimum Gasteiger partial charge on any atom is -0.357 e. The van der Waals surface area contributed by atoms with Gasteiger partial charge in [0.15, 0.2) is 5.96 Å². The third kappa shape index (κ3) is 8.44. The number of aryl methyl sites for hydroxylation is 1. The molecule has 0 bridgehead atoms. The summed E-state index contributed by atoms with van der Waals surface area (Å²) in [6, 6.07) is 0. The van der Waals surface area contributed by atoms with Crippen molar-refractivity contribution in [3.63, 3.8) is 0 Å². The Morgan fingerprint density at radius 3 is 2.62 bits per heavy atom. The second kappa shape index (κ2) is 9.44. The third-order valence-corrected chi connectivity index (χ3v) is 3.24. The Labute approximate surface area is 143 Å². The number of aliphatic imine (C=N–C) groups is 1. The van der Waals surface area contributed by atoms with Crippen LogP contribution in [-0.4, -0.2) is 42.2 Å². The van der Waals surface area contributed by atoms with Gasteiger partial charge < -0.3 is 10.2 Å². The Morgan fingerprint density at radius 2 is 2.14 bits per heavy atom. The van der Waals surface area contributed by atoms with Crippen LogP contribution in [0.2, 0.25) is 0 Å². The highest BCUT2D eigenvalue weighted by Gasteiger charge is 2.26. The van der Waals surface area contributed by atoms with Crippen LogP contribution in [0.3, 0.4) is 0 Å². The molecule has 0 saturated heterocycles. The van der Waals surface area contributed by atoms with Crippen LogP contribution in [0.15, 0.2) is 10.4 Å². The third-order valence-electron chi connectivity index (χ3n) is 2.42. The summed E-state index contributed by atoms with van der Waals surface area (Å²) in [6.07, 6.45) is -5.09. The summed E-state index contributed by atoms with van der Waals surface area (Å²) in [5.41, 5.74) is 0.886. The summed E-state index contributed by atoms with van der Waals surface area (Å²) in [5, 5.41) is 5.88. The Morgan fingerprint density at radius 1 is 1.48 bits per heavy atom. The standard InChI is InChI=1S/C12H19F3N4S.HI/c1-4-16-11(17-6-5-12(13,14)15)19(3)7-10-8-20-9(2)18-10;/h8H,4-7H2,1-3H3,(H,16,17);1H. The lowest BCUT2D eigenvalue weighted by molar-refractivity contribution is -0.132. The van der Waals surface area contributed by atoms with Crippen molar-refractivity contribution in [1.29, 1.82) is 0 Å². The number of alkyl halides is 3. The molecule has 0 spiro atoms. The Kier molecular flexibility index (Phi) is 9.18. The number of halogens is 4. The van der Waals surface area contributed by atoms with Crippen LogP contribution < -0.4 is 5.32 Å². The zero-order valence-corrected chi connectivity index (χ0v) is 15.3. The van der Waals surface area contributed by atoms with Crippen molar-refractivity contribution in [2.75, 3.05) is 20.1 Å². The van der Waals surface area contributed by atoms with Gasteiger partial charge in [0.25, 0.3) is 0 Å². The van der Waals surface area contributed by atoms with Crippen molar-refractivity contribution in [1.82, 2.24) is 15.2 Å². The average Bonchev–Trinajstić information content (AvgIpc) is 2.72. The van der Waals surface area contributed by atoms with E-state index in [4.69, 9.17) is 0 Å². The number of guanidine groups is 1. The van der Waals surface area contributed by atoms with E-state index in [-0.39, 0.29) is 30.5 Å². The van der Waals surface area contributed by atoms with Gasteiger partial charge in [-0.1, -0.05) is 0 Å². The van der Waals surface area contributed by atoms with Gasteiger partial charge in [-0.15, -0.1) is 35.3 Å². The van der Waals surface area contributed by atoms with Gasteiger partial charge in [-0.3, -0.25) is 4.99 Å². The number of aromatic nitrogens is 1. The predicted octanol–water partition coefficient (Wildman–Crippen LogP) is 3.42. The number of hydrogen-bond acceptors (Lipinski definition) is 3. The van der Waals surface area contributed by atoms with Crippen LogP contribution in [0.1, 0.15) is 24.0 Å². The van der Waals surface area contributed by atoms with E-state index < -0.39 is 12.6 Å². The van der Waals surface area contributed by atoms with Crippen molar-refractivity contribution in [3.8, 4) is 0 Å². The molecule has 0 aliphatic rings. The summed E-state index contributed by atoms with van der Waals surface area (Å²) in [5.74, 6) is 0.461. The van der Waals surface area contributed by atoms with E-state index in [2.05, 4.69) is 15.3 Å². The van der Waals surface area contributed by atoms with E-state index in [9.17, 15) is 13.2 Å². The Hall–Kier alpha value is -0.580. The van der Waals surface area contributed by atoms with Gasteiger partial charge in [-0.2, -0.15) is 13.2 Å². The first-order valence-electron chi connectivity index (χ1n) is 6.29. The minimum atomic E-state index is -4.18. The minimum absolute atomic E-state index is 0. The lowest BCUT2D eigenvalue weighted by Gasteiger charge is -2.21.